The van der Waals surface area contributed by atoms with E-state index in [1.165, 1.54) is 11.5 Å². The highest BCUT2D eigenvalue weighted by Crippen LogP contribution is 2.28. The fraction of sp³-hybridized carbons (Fsp3) is 0.500. The Hall–Kier alpha value is -0.150. The molecule has 0 spiro atoms. The average Bonchev–Trinajstić information content (AvgIpc) is 2.10. The smallest absolute Gasteiger partial charge is 0.0785 e. The zero-order chi connectivity index (χ0) is 6.97. The summed E-state index contributed by atoms with van der Waals surface area (Å²) in [6.45, 7) is 0. The molecular formula is C6H7ClN2S. The second kappa shape index (κ2) is 2.47. The molecule has 54 valence electrons. The van der Waals surface area contributed by atoms with Gasteiger partial charge in [0, 0.05) is 17.7 Å². The van der Waals surface area contributed by atoms with Crippen LogP contribution in [-0.2, 0) is 0 Å². The summed E-state index contributed by atoms with van der Waals surface area (Å²) in [5.74, 6) is 2.36. The van der Waals surface area contributed by atoms with Crippen LogP contribution in [0.1, 0.15) is 6.04 Å². The van der Waals surface area contributed by atoms with Gasteiger partial charge in [0.1, 0.15) is 0 Å². The van der Waals surface area contributed by atoms with E-state index in [0.717, 1.165) is 5.02 Å². The minimum Gasteiger partial charge on any atom is -0.266 e. The minimum atomic E-state index is 0.595. The summed E-state index contributed by atoms with van der Waals surface area (Å²) in [4.78, 5) is 0. The Morgan fingerprint density at radius 1 is 1.70 bits per heavy atom. The van der Waals surface area contributed by atoms with E-state index in [9.17, 15) is 0 Å². The monoisotopic (exact) mass is 174 g/mol. The third-order valence-electron chi connectivity index (χ3n) is 1.56. The van der Waals surface area contributed by atoms with E-state index in [1.54, 1.807) is 6.20 Å². The van der Waals surface area contributed by atoms with Gasteiger partial charge in [-0.05, 0) is 0 Å². The first-order chi connectivity index (χ1) is 4.86. The number of aromatic nitrogens is 2. The summed E-state index contributed by atoms with van der Waals surface area (Å²) in [6.07, 6.45) is 3.57. The summed E-state index contributed by atoms with van der Waals surface area (Å²) in [6, 6.07) is 0.595. The molecule has 0 radical (unpaired) electrons. The Bertz CT molecular complexity index is 231. The van der Waals surface area contributed by atoms with E-state index in [0.29, 0.717) is 6.04 Å². The lowest BCUT2D eigenvalue weighted by Crippen LogP contribution is -2.22. The van der Waals surface area contributed by atoms with Crippen molar-refractivity contribution in [2.24, 2.45) is 0 Å². The van der Waals surface area contributed by atoms with Crippen LogP contribution in [0.3, 0.4) is 0 Å². The lowest BCUT2D eigenvalue weighted by molar-refractivity contribution is 0.527. The molecule has 10 heavy (non-hydrogen) atoms. The second-order valence-electron chi connectivity index (χ2n) is 2.33. The van der Waals surface area contributed by atoms with Gasteiger partial charge in [0.25, 0.3) is 0 Å². The van der Waals surface area contributed by atoms with Crippen molar-refractivity contribution in [1.29, 1.82) is 0 Å². The van der Waals surface area contributed by atoms with Crippen molar-refractivity contribution in [3.63, 3.8) is 0 Å². The molecule has 1 fully saturated rings. The van der Waals surface area contributed by atoms with Crippen molar-refractivity contribution in [2.45, 2.75) is 6.04 Å². The lowest BCUT2D eigenvalue weighted by atomic mass is 10.4. The highest BCUT2D eigenvalue weighted by atomic mass is 35.5. The summed E-state index contributed by atoms with van der Waals surface area (Å²) in [5, 5.41) is 4.84. The maximum atomic E-state index is 5.70. The van der Waals surface area contributed by atoms with Gasteiger partial charge < -0.3 is 0 Å². The molecule has 1 saturated heterocycles. The van der Waals surface area contributed by atoms with Crippen LogP contribution < -0.4 is 0 Å². The van der Waals surface area contributed by atoms with E-state index >= 15 is 0 Å². The number of rotatable bonds is 1. The third-order valence-corrected chi connectivity index (χ3v) is 3.00. The average molecular weight is 175 g/mol. The Balaban J connectivity index is 2.17. The molecule has 1 aromatic heterocycles. The maximum absolute atomic E-state index is 5.70. The van der Waals surface area contributed by atoms with Crippen LogP contribution in [0, 0.1) is 0 Å². The highest BCUT2D eigenvalue weighted by Gasteiger charge is 2.20. The number of nitrogens with zero attached hydrogens (tertiary/aromatic N) is 2. The molecule has 2 rings (SSSR count). The predicted octanol–water partition coefficient (Wildman–Crippen LogP) is 1.82. The molecule has 0 aromatic carbocycles. The molecule has 0 bridgehead atoms. The normalized spacial score (nSPS) is 18.9. The van der Waals surface area contributed by atoms with E-state index in [-0.39, 0.29) is 0 Å². The van der Waals surface area contributed by atoms with Crippen LogP contribution in [0.4, 0.5) is 0 Å². The molecule has 4 heteroatoms. The zero-order valence-corrected chi connectivity index (χ0v) is 6.90. The standard InChI is InChI=1S/C6H7ClN2S/c7-5-1-8-9(2-5)6-3-10-4-6/h1-2,6H,3-4H2. The number of halogens is 1. The van der Waals surface area contributed by atoms with Gasteiger partial charge in [-0.3, -0.25) is 4.68 Å². The fourth-order valence-electron chi connectivity index (χ4n) is 0.891. The van der Waals surface area contributed by atoms with E-state index in [2.05, 4.69) is 5.10 Å². The first kappa shape index (κ1) is 6.55. The van der Waals surface area contributed by atoms with Crippen molar-refractivity contribution < 1.29 is 0 Å². The summed E-state index contributed by atoms with van der Waals surface area (Å²) in [7, 11) is 0. The highest BCUT2D eigenvalue weighted by molar-refractivity contribution is 8.00. The van der Waals surface area contributed by atoms with Gasteiger partial charge in [-0.25, -0.2) is 0 Å². The lowest BCUT2D eigenvalue weighted by Gasteiger charge is -2.24. The van der Waals surface area contributed by atoms with Crippen molar-refractivity contribution in [1.82, 2.24) is 9.78 Å². The van der Waals surface area contributed by atoms with Crippen LogP contribution in [0.15, 0.2) is 12.4 Å². The van der Waals surface area contributed by atoms with Gasteiger partial charge in [-0.1, -0.05) is 11.6 Å². The van der Waals surface area contributed by atoms with E-state index in [1.807, 2.05) is 22.6 Å². The van der Waals surface area contributed by atoms with Crippen molar-refractivity contribution >= 4 is 23.4 Å². The molecule has 0 saturated carbocycles. The van der Waals surface area contributed by atoms with Crippen molar-refractivity contribution in [3.05, 3.63) is 17.4 Å². The summed E-state index contributed by atoms with van der Waals surface area (Å²) < 4.78 is 1.94. The van der Waals surface area contributed by atoms with Gasteiger partial charge in [-0.15, -0.1) is 0 Å². The first-order valence-corrected chi connectivity index (χ1v) is 4.67. The van der Waals surface area contributed by atoms with E-state index < -0.39 is 0 Å². The van der Waals surface area contributed by atoms with Crippen LogP contribution in [0.2, 0.25) is 5.02 Å². The van der Waals surface area contributed by atoms with Gasteiger partial charge in [0.2, 0.25) is 0 Å². The van der Waals surface area contributed by atoms with E-state index in [4.69, 9.17) is 11.6 Å². The van der Waals surface area contributed by atoms with Crippen molar-refractivity contribution in [2.75, 3.05) is 11.5 Å². The number of hydrogen-bond acceptors (Lipinski definition) is 2. The SMILES string of the molecule is Clc1cnn(C2CSC2)c1. The zero-order valence-electron chi connectivity index (χ0n) is 5.33. The molecule has 1 aliphatic heterocycles. The molecular weight excluding hydrogens is 168 g/mol. The first-order valence-electron chi connectivity index (χ1n) is 3.13. The largest absolute Gasteiger partial charge is 0.266 e. The van der Waals surface area contributed by atoms with Crippen molar-refractivity contribution in [3.8, 4) is 0 Å². The summed E-state index contributed by atoms with van der Waals surface area (Å²) >= 11 is 7.64. The maximum Gasteiger partial charge on any atom is 0.0785 e. The fourth-order valence-corrected chi connectivity index (χ4v) is 1.79. The Morgan fingerprint density at radius 3 is 2.90 bits per heavy atom. The molecule has 1 aliphatic rings. The molecule has 0 N–H and O–H groups in total. The molecule has 0 amide bonds. The minimum absolute atomic E-state index is 0.595. The topological polar surface area (TPSA) is 17.8 Å². The van der Waals surface area contributed by atoms with Crippen LogP contribution >= 0.6 is 23.4 Å². The predicted molar refractivity (Wildman–Crippen MR) is 43.6 cm³/mol. The molecule has 0 atom stereocenters. The second-order valence-corrected chi connectivity index (χ2v) is 3.84. The van der Waals surface area contributed by atoms with Gasteiger partial charge in [-0.2, -0.15) is 16.9 Å². The Morgan fingerprint density at radius 2 is 2.50 bits per heavy atom. The number of hydrogen-bond donors (Lipinski definition) is 0. The number of thioether (sulfide) groups is 1. The van der Waals surface area contributed by atoms with Crippen LogP contribution in [-0.4, -0.2) is 21.3 Å². The van der Waals surface area contributed by atoms with Crippen LogP contribution in [0.5, 0.6) is 0 Å². The molecule has 2 heterocycles. The Labute approximate surface area is 68.6 Å². The van der Waals surface area contributed by atoms with Gasteiger partial charge >= 0.3 is 0 Å². The van der Waals surface area contributed by atoms with Crippen LogP contribution in [0.25, 0.3) is 0 Å². The molecule has 2 nitrogen and oxygen atoms in total. The molecule has 1 aromatic rings. The Kier molecular flexibility index (Phi) is 1.62. The third kappa shape index (κ3) is 1.04. The summed E-state index contributed by atoms with van der Waals surface area (Å²) in [5.41, 5.74) is 0. The quantitative estimate of drug-likeness (QED) is 0.647. The molecule has 0 aliphatic carbocycles. The van der Waals surface area contributed by atoms with Gasteiger partial charge in [0.15, 0.2) is 0 Å². The van der Waals surface area contributed by atoms with Gasteiger partial charge in [0.05, 0.1) is 17.3 Å². The molecule has 0 unspecified atom stereocenters.